The van der Waals surface area contributed by atoms with E-state index in [4.69, 9.17) is 4.74 Å². The minimum atomic E-state index is -4.26. The molecule has 2 heterocycles. The van der Waals surface area contributed by atoms with E-state index in [-0.39, 0.29) is 37.4 Å². The van der Waals surface area contributed by atoms with Crippen molar-refractivity contribution in [1.82, 2.24) is 14.5 Å². The summed E-state index contributed by atoms with van der Waals surface area (Å²) in [7, 11) is -8.20. The normalized spacial score (nSPS) is 20.6. The fourth-order valence-corrected chi connectivity index (χ4v) is 8.00. The Morgan fingerprint density at radius 2 is 1.56 bits per heavy atom. The zero-order chi connectivity index (χ0) is 29.7. The van der Waals surface area contributed by atoms with E-state index in [0.717, 1.165) is 4.31 Å². The van der Waals surface area contributed by atoms with Crippen LogP contribution in [0, 0.1) is 0 Å². The molecule has 222 valence electrons. The van der Waals surface area contributed by atoms with Gasteiger partial charge in [-0.2, -0.15) is 4.31 Å². The molecule has 2 aliphatic rings. The molecule has 2 fully saturated rings. The second kappa shape index (κ2) is 12.8. The summed E-state index contributed by atoms with van der Waals surface area (Å²) in [6, 6.07) is 15.0. The molecule has 0 spiro atoms. The Kier molecular flexibility index (Phi) is 9.62. The van der Waals surface area contributed by atoms with Crippen LogP contribution in [0.3, 0.4) is 0 Å². The summed E-state index contributed by atoms with van der Waals surface area (Å²) < 4.78 is 58.0. The van der Waals surface area contributed by atoms with Gasteiger partial charge in [0.05, 0.1) is 42.9 Å². The zero-order valence-electron chi connectivity index (χ0n) is 22.9. The van der Waals surface area contributed by atoms with Crippen molar-refractivity contribution < 1.29 is 36.0 Å². The molecule has 2 unspecified atom stereocenters. The monoisotopic (exact) mass is 605 g/mol. The molecule has 2 saturated heterocycles. The summed E-state index contributed by atoms with van der Waals surface area (Å²) >= 11 is 0. The fourth-order valence-electron chi connectivity index (χ4n) is 4.90. The maximum absolute atomic E-state index is 13.8. The first-order valence-electron chi connectivity index (χ1n) is 13.4. The van der Waals surface area contributed by atoms with Gasteiger partial charge in [-0.15, -0.1) is 0 Å². The largest absolute Gasteiger partial charge is 0.378 e. The molecule has 0 bridgehead atoms. The molecule has 41 heavy (non-hydrogen) atoms. The van der Waals surface area contributed by atoms with Gasteiger partial charge in [0.2, 0.25) is 21.8 Å². The van der Waals surface area contributed by atoms with Gasteiger partial charge in [-0.25, -0.2) is 16.8 Å². The fraction of sp³-hybridized carbons (Fsp3) is 0.464. The lowest BCUT2D eigenvalue weighted by molar-refractivity contribution is -0.138. The number of benzene rings is 2. The highest BCUT2D eigenvalue weighted by Gasteiger charge is 2.49. The summed E-state index contributed by atoms with van der Waals surface area (Å²) in [5, 5.41) is 2.58. The Bertz CT molecular complexity index is 1460. The van der Waals surface area contributed by atoms with Crippen LogP contribution in [0.15, 0.2) is 65.6 Å². The minimum absolute atomic E-state index is 0.0523. The third kappa shape index (κ3) is 7.03. The molecule has 0 radical (unpaired) electrons. The van der Waals surface area contributed by atoms with Crippen LogP contribution in [0.4, 0.5) is 0 Å². The van der Waals surface area contributed by atoms with Gasteiger partial charge in [0.15, 0.2) is 20.4 Å². The molecule has 13 heteroatoms. The molecule has 2 aliphatic heterocycles. The maximum Gasteiger partial charge on any atom is 0.243 e. The molecule has 2 amide bonds. The highest BCUT2D eigenvalue weighted by molar-refractivity contribution is 7.92. The Balaban J connectivity index is 1.56. The standard InChI is InChI=1S/C28H35N3O8S2/c1-28(19-26(33)30-15-17-39-18-16-30,40(35,36)21-22-9-4-2-5-10-22)27(34)29-24-13-8-14-31(20-25(24)32)41(37,38)23-11-6-3-7-12-23/h2-7,9-12,24H,8,13-21H2,1H3,(H,29,34). The summed E-state index contributed by atoms with van der Waals surface area (Å²) in [5.41, 5.74) is 0.456. The molecule has 2 aromatic carbocycles. The number of Topliss-reactive ketones (excluding diaryl/α,β-unsaturated/α-hetero) is 1. The number of rotatable bonds is 9. The van der Waals surface area contributed by atoms with E-state index in [1.807, 2.05) is 0 Å². The Morgan fingerprint density at radius 3 is 2.20 bits per heavy atom. The van der Waals surface area contributed by atoms with Gasteiger partial charge in [-0.3, -0.25) is 14.4 Å². The number of sulfonamides is 1. The molecule has 0 aliphatic carbocycles. The lowest BCUT2D eigenvalue weighted by Gasteiger charge is -2.33. The van der Waals surface area contributed by atoms with E-state index in [9.17, 15) is 31.2 Å². The van der Waals surface area contributed by atoms with E-state index in [1.165, 1.54) is 24.0 Å². The van der Waals surface area contributed by atoms with Gasteiger partial charge >= 0.3 is 0 Å². The highest BCUT2D eigenvalue weighted by Crippen LogP contribution is 2.28. The van der Waals surface area contributed by atoms with Crippen LogP contribution in [-0.4, -0.2) is 93.8 Å². The van der Waals surface area contributed by atoms with Crippen LogP contribution in [0.25, 0.3) is 0 Å². The maximum atomic E-state index is 13.8. The molecule has 4 rings (SSSR count). The number of nitrogens with one attached hydrogen (secondary N) is 1. The van der Waals surface area contributed by atoms with Crippen LogP contribution in [-0.2, 0) is 44.7 Å². The van der Waals surface area contributed by atoms with Crippen molar-refractivity contribution in [3.05, 3.63) is 66.2 Å². The lowest BCUT2D eigenvalue weighted by Crippen LogP contribution is -2.57. The van der Waals surface area contributed by atoms with Crippen molar-refractivity contribution in [3.63, 3.8) is 0 Å². The second-order valence-corrected chi connectivity index (χ2v) is 14.8. The quantitative estimate of drug-likeness (QED) is 0.448. The van der Waals surface area contributed by atoms with E-state index >= 15 is 0 Å². The number of carbonyl (C=O) groups excluding carboxylic acids is 3. The van der Waals surface area contributed by atoms with Crippen LogP contribution in [0.5, 0.6) is 0 Å². The summed E-state index contributed by atoms with van der Waals surface area (Å²) in [5.74, 6) is -2.50. The summed E-state index contributed by atoms with van der Waals surface area (Å²) in [6.45, 7) is 1.99. The third-order valence-corrected chi connectivity index (χ3v) is 11.8. The van der Waals surface area contributed by atoms with E-state index in [2.05, 4.69) is 5.32 Å². The van der Waals surface area contributed by atoms with Crippen molar-refractivity contribution in [2.24, 2.45) is 0 Å². The molecular weight excluding hydrogens is 570 g/mol. The second-order valence-electron chi connectivity index (χ2n) is 10.4. The number of carbonyl (C=O) groups is 3. The van der Waals surface area contributed by atoms with Gasteiger partial charge in [0.25, 0.3) is 0 Å². The number of hydrogen-bond donors (Lipinski definition) is 1. The number of sulfone groups is 1. The first kappa shape index (κ1) is 30.8. The molecular formula is C28H35N3O8S2. The molecule has 0 saturated carbocycles. The Labute approximate surface area is 240 Å². The zero-order valence-corrected chi connectivity index (χ0v) is 24.5. The van der Waals surface area contributed by atoms with Crippen molar-refractivity contribution >= 4 is 37.5 Å². The first-order valence-corrected chi connectivity index (χ1v) is 16.5. The van der Waals surface area contributed by atoms with Gasteiger partial charge in [-0.05, 0) is 37.5 Å². The Morgan fingerprint density at radius 1 is 0.951 bits per heavy atom. The topological polar surface area (TPSA) is 147 Å². The average Bonchev–Trinajstić information content (AvgIpc) is 3.15. The van der Waals surface area contributed by atoms with E-state index in [1.54, 1.807) is 48.5 Å². The average molecular weight is 606 g/mol. The molecule has 11 nitrogen and oxygen atoms in total. The van der Waals surface area contributed by atoms with Crippen LogP contribution in [0.2, 0.25) is 0 Å². The van der Waals surface area contributed by atoms with Gasteiger partial charge in [0.1, 0.15) is 0 Å². The summed E-state index contributed by atoms with van der Waals surface area (Å²) in [4.78, 5) is 41.7. The lowest BCUT2D eigenvalue weighted by atomic mass is 10.0. The number of ketones is 1. The van der Waals surface area contributed by atoms with Crippen molar-refractivity contribution in [1.29, 1.82) is 0 Å². The van der Waals surface area contributed by atoms with Crippen LogP contribution >= 0.6 is 0 Å². The SMILES string of the molecule is CC(CC(=O)N1CCOCC1)(C(=O)NC1CCCN(S(=O)(=O)c2ccccc2)CC1=O)S(=O)(=O)Cc1ccccc1. The van der Waals surface area contributed by atoms with Crippen LogP contribution in [0.1, 0.15) is 31.7 Å². The predicted octanol–water partition coefficient (Wildman–Crippen LogP) is 1.15. The molecule has 2 atom stereocenters. The smallest absolute Gasteiger partial charge is 0.243 e. The van der Waals surface area contributed by atoms with Gasteiger partial charge in [-0.1, -0.05) is 48.5 Å². The number of hydrogen-bond acceptors (Lipinski definition) is 8. The number of amides is 2. The molecule has 2 aromatic rings. The van der Waals surface area contributed by atoms with Gasteiger partial charge < -0.3 is 15.0 Å². The van der Waals surface area contributed by atoms with E-state index in [0.29, 0.717) is 18.8 Å². The van der Waals surface area contributed by atoms with Crippen LogP contribution < -0.4 is 5.32 Å². The van der Waals surface area contributed by atoms with Crippen molar-refractivity contribution in [3.8, 4) is 0 Å². The number of nitrogens with zero attached hydrogens (tertiary/aromatic N) is 2. The molecule has 0 aromatic heterocycles. The van der Waals surface area contributed by atoms with E-state index < -0.39 is 67.0 Å². The minimum Gasteiger partial charge on any atom is -0.378 e. The molecule has 1 N–H and O–H groups in total. The highest BCUT2D eigenvalue weighted by atomic mass is 32.2. The Hall–Kier alpha value is -3.13. The number of ether oxygens (including phenoxy) is 1. The third-order valence-electron chi connectivity index (χ3n) is 7.53. The number of morpholine rings is 1. The van der Waals surface area contributed by atoms with Gasteiger partial charge in [0, 0.05) is 19.6 Å². The van der Waals surface area contributed by atoms with Crippen molar-refractivity contribution in [2.75, 3.05) is 39.4 Å². The predicted molar refractivity (Wildman–Crippen MR) is 151 cm³/mol. The van der Waals surface area contributed by atoms with Crippen molar-refractivity contribution in [2.45, 2.75) is 47.6 Å². The summed E-state index contributed by atoms with van der Waals surface area (Å²) in [6.07, 6.45) is -0.218. The first-order chi connectivity index (χ1) is 19.4.